The molecule has 26 heavy (non-hydrogen) atoms. The lowest BCUT2D eigenvalue weighted by Gasteiger charge is -2.38. The first kappa shape index (κ1) is 18.0. The van der Waals surface area contributed by atoms with Gasteiger partial charge in [-0.25, -0.2) is 0 Å². The molecule has 1 saturated heterocycles. The molecule has 0 spiro atoms. The van der Waals surface area contributed by atoms with Gasteiger partial charge >= 0.3 is 5.69 Å². The molecule has 0 unspecified atom stereocenters. The van der Waals surface area contributed by atoms with E-state index in [0.717, 1.165) is 25.9 Å². The Hall–Kier alpha value is -2.76. The van der Waals surface area contributed by atoms with Gasteiger partial charge in [-0.05, 0) is 44.0 Å². The van der Waals surface area contributed by atoms with Crippen LogP contribution in [-0.2, 0) is 0 Å². The molecule has 1 aliphatic rings. The van der Waals surface area contributed by atoms with Crippen molar-refractivity contribution in [2.24, 2.45) is 0 Å². The third kappa shape index (κ3) is 3.74. The van der Waals surface area contributed by atoms with Gasteiger partial charge in [0, 0.05) is 31.9 Å². The molecule has 3 rings (SSSR count). The quantitative estimate of drug-likeness (QED) is 0.577. The van der Waals surface area contributed by atoms with E-state index in [2.05, 4.69) is 29.0 Å². The average Bonchev–Trinajstić information content (AvgIpc) is 2.68. The van der Waals surface area contributed by atoms with Crippen molar-refractivity contribution >= 4 is 17.1 Å². The van der Waals surface area contributed by atoms with Crippen molar-refractivity contribution in [1.29, 1.82) is 0 Å². The lowest BCUT2D eigenvalue weighted by molar-refractivity contribution is -0.385. The molecule has 0 N–H and O–H groups in total. The first-order valence-corrected chi connectivity index (χ1v) is 9.04. The number of para-hydroxylation sites is 2. The smallest absolute Gasteiger partial charge is 0.333 e. The number of benzene rings is 2. The van der Waals surface area contributed by atoms with E-state index in [4.69, 9.17) is 4.74 Å². The molecule has 0 radical (unpaired) electrons. The van der Waals surface area contributed by atoms with Crippen molar-refractivity contribution in [1.82, 2.24) is 0 Å². The van der Waals surface area contributed by atoms with E-state index < -0.39 is 0 Å². The van der Waals surface area contributed by atoms with Gasteiger partial charge < -0.3 is 14.5 Å². The second-order valence-electron chi connectivity index (χ2n) is 6.48. The fraction of sp³-hybridized carbons (Fsp3) is 0.400. The van der Waals surface area contributed by atoms with Crippen LogP contribution in [0.1, 0.15) is 19.8 Å². The highest BCUT2D eigenvalue weighted by atomic mass is 16.6. The van der Waals surface area contributed by atoms with Gasteiger partial charge in [-0.2, -0.15) is 0 Å². The lowest BCUT2D eigenvalue weighted by atomic mass is 10.0. The number of ether oxygens (including phenoxy) is 1. The minimum Gasteiger partial charge on any atom is -0.487 e. The summed E-state index contributed by atoms with van der Waals surface area (Å²) < 4.78 is 5.47. The summed E-state index contributed by atoms with van der Waals surface area (Å²) in [5.41, 5.74) is 1.93. The number of nitro benzene ring substituents is 1. The van der Waals surface area contributed by atoms with E-state index in [1.807, 2.05) is 37.3 Å². The highest BCUT2D eigenvalue weighted by Gasteiger charge is 2.29. The summed E-state index contributed by atoms with van der Waals surface area (Å²) in [5, 5.41) is 11.6. The van der Waals surface area contributed by atoms with Crippen LogP contribution in [0.5, 0.6) is 5.75 Å². The number of nitrogens with zero attached hydrogens (tertiary/aromatic N) is 3. The Morgan fingerprint density at radius 2 is 1.85 bits per heavy atom. The molecule has 0 amide bonds. The molecule has 2 aromatic carbocycles. The number of hydrogen-bond donors (Lipinski definition) is 0. The maximum atomic E-state index is 11.6. The Morgan fingerprint density at radius 1 is 1.15 bits per heavy atom. The van der Waals surface area contributed by atoms with E-state index in [-0.39, 0.29) is 10.6 Å². The van der Waals surface area contributed by atoms with Gasteiger partial charge in [0.05, 0.1) is 11.5 Å². The normalized spacial score (nSPS) is 14.9. The summed E-state index contributed by atoms with van der Waals surface area (Å²) in [6, 6.07) is 16.1. The molecule has 6 nitrogen and oxygen atoms in total. The molecular weight excluding hydrogens is 330 g/mol. The minimum atomic E-state index is -0.331. The van der Waals surface area contributed by atoms with Crippen molar-refractivity contribution in [3.05, 3.63) is 58.6 Å². The molecule has 1 fully saturated rings. The maximum absolute atomic E-state index is 11.6. The Balaban J connectivity index is 1.74. The van der Waals surface area contributed by atoms with Crippen molar-refractivity contribution in [2.45, 2.75) is 25.8 Å². The molecule has 0 atom stereocenters. The van der Waals surface area contributed by atoms with Gasteiger partial charge in [-0.15, -0.1) is 0 Å². The number of rotatable bonds is 6. The van der Waals surface area contributed by atoms with Crippen molar-refractivity contribution < 1.29 is 9.66 Å². The summed E-state index contributed by atoms with van der Waals surface area (Å²) in [4.78, 5) is 15.7. The second-order valence-corrected chi connectivity index (χ2v) is 6.48. The third-order valence-corrected chi connectivity index (χ3v) is 4.98. The first-order valence-electron chi connectivity index (χ1n) is 9.04. The van der Waals surface area contributed by atoms with Crippen LogP contribution in [-0.4, -0.2) is 37.7 Å². The van der Waals surface area contributed by atoms with Crippen molar-refractivity contribution in [2.75, 3.05) is 36.5 Å². The predicted octanol–water partition coefficient (Wildman–Crippen LogP) is 4.10. The summed E-state index contributed by atoms with van der Waals surface area (Å²) in [6.07, 6.45) is 1.92. The van der Waals surface area contributed by atoms with Gasteiger partial charge in [-0.1, -0.05) is 24.3 Å². The van der Waals surface area contributed by atoms with Crippen LogP contribution in [0.15, 0.2) is 48.5 Å². The molecule has 0 bridgehead atoms. The Morgan fingerprint density at radius 3 is 2.46 bits per heavy atom. The van der Waals surface area contributed by atoms with E-state index in [0.29, 0.717) is 24.1 Å². The largest absolute Gasteiger partial charge is 0.487 e. The SMILES string of the molecule is CCOc1cccc(N2CCC(N(C)c3ccccc3)CC2)c1[N+](=O)[O-]. The molecule has 0 aliphatic carbocycles. The summed E-state index contributed by atoms with van der Waals surface area (Å²) in [6.45, 7) is 3.83. The van der Waals surface area contributed by atoms with Crippen LogP contribution >= 0.6 is 0 Å². The van der Waals surface area contributed by atoms with Crippen molar-refractivity contribution in [3.63, 3.8) is 0 Å². The molecule has 1 heterocycles. The van der Waals surface area contributed by atoms with Crippen LogP contribution in [0.3, 0.4) is 0 Å². The lowest BCUT2D eigenvalue weighted by Crippen LogP contribution is -2.43. The van der Waals surface area contributed by atoms with Gasteiger partial charge in [0.15, 0.2) is 5.75 Å². The van der Waals surface area contributed by atoms with Crippen LogP contribution in [0.4, 0.5) is 17.1 Å². The van der Waals surface area contributed by atoms with Crippen LogP contribution < -0.4 is 14.5 Å². The highest BCUT2D eigenvalue weighted by molar-refractivity contribution is 5.70. The van der Waals surface area contributed by atoms with E-state index in [9.17, 15) is 10.1 Å². The molecular formula is C20H25N3O3. The van der Waals surface area contributed by atoms with Crippen LogP contribution in [0.2, 0.25) is 0 Å². The molecule has 2 aromatic rings. The third-order valence-electron chi connectivity index (χ3n) is 4.98. The van der Waals surface area contributed by atoms with Gasteiger partial charge in [0.25, 0.3) is 0 Å². The summed E-state index contributed by atoms with van der Waals surface area (Å²) in [5.74, 6) is 0.346. The van der Waals surface area contributed by atoms with E-state index in [1.54, 1.807) is 6.07 Å². The zero-order valence-electron chi connectivity index (χ0n) is 15.3. The summed E-state index contributed by atoms with van der Waals surface area (Å²) >= 11 is 0. The molecule has 1 aliphatic heterocycles. The van der Waals surface area contributed by atoms with Crippen LogP contribution in [0.25, 0.3) is 0 Å². The van der Waals surface area contributed by atoms with Gasteiger partial charge in [-0.3, -0.25) is 10.1 Å². The topological polar surface area (TPSA) is 58.8 Å². The predicted molar refractivity (Wildman–Crippen MR) is 104 cm³/mol. The zero-order valence-corrected chi connectivity index (χ0v) is 15.3. The van der Waals surface area contributed by atoms with Crippen molar-refractivity contribution in [3.8, 4) is 5.75 Å². The standard InChI is InChI=1S/C20H25N3O3/c1-3-26-19-11-7-10-18(20(19)23(24)25)22-14-12-17(13-15-22)21(2)16-8-5-4-6-9-16/h4-11,17H,3,12-15H2,1-2H3. The summed E-state index contributed by atoms with van der Waals surface area (Å²) in [7, 11) is 2.12. The first-order chi connectivity index (χ1) is 12.6. The Labute approximate surface area is 154 Å². The Kier molecular flexibility index (Phi) is 5.61. The second kappa shape index (κ2) is 8.08. The average molecular weight is 355 g/mol. The molecule has 0 saturated carbocycles. The van der Waals surface area contributed by atoms with Gasteiger partial charge in [0.1, 0.15) is 5.69 Å². The fourth-order valence-corrected chi connectivity index (χ4v) is 3.59. The minimum absolute atomic E-state index is 0.0733. The molecule has 6 heteroatoms. The van der Waals surface area contributed by atoms with Gasteiger partial charge in [0.2, 0.25) is 0 Å². The molecule has 0 aromatic heterocycles. The number of hydrogen-bond acceptors (Lipinski definition) is 5. The monoisotopic (exact) mass is 355 g/mol. The zero-order chi connectivity index (χ0) is 18.5. The van der Waals surface area contributed by atoms with E-state index in [1.165, 1.54) is 5.69 Å². The number of anilines is 2. The number of piperidine rings is 1. The molecule has 138 valence electrons. The highest BCUT2D eigenvalue weighted by Crippen LogP contribution is 2.38. The Bertz CT molecular complexity index is 743. The maximum Gasteiger partial charge on any atom is 0.333 e. The number of nitro groups is 1. The fourth-order valence-electron chi connectivity index (χ4n) is 3.59. The van der Waals surface area contributed by atoms with E-state index >= 15 is 0 Å². The van der Waals surface area contributed by atoms with Crippen LogP contribution in [0, 0.1) is 10.1 Å².